The molecule has 0 bridgehead atoms. The van der Waals surface area contributed by atoms with Crippen molar-refractivity contribution in [3.05, 3.63) is 0 Å². The first-order valence-corrected chi connectivity index (χ1v) is 4.20. The lowest BCUT2D eigenvalue weighted by atomic mass is 10.2. The number of hydrogen-bond acceptors (Lipinski definition) is 4. The Hall–Kier alpha value is -1.31. The molecule has 0 fully saturated rings. The van der Waals surface area contributed by atoms with E-state index in [-0.39, 0.29) is 0 Å². The van der Waals surface area contributed by atoms with Crippen LogP contribution >= 0.6 is 11.6 Å². The van der Waals surface area contributed by atoms with Crippen molar-refractivity contribution in [1.82, 2.24) is 5.32 Å². The van der Waals surface area contributed by atoms with E-state index in [1.807, 2.05) is 0 Å². The van der Waals surface area contributed by atoms with Crippen LogP contribution in [0.25, 0.3) is 0 Å². The van der Waals surface area contributed by atoms with Gasteiger partial charge in [0.15, 0.2) is 0 Å². The van der Waals surface area contributed by atoms with Crippen LogP contribution in [-0.4, -0.2) is 36.4 Å². The molecule has 92 valence electrons. The Kier molecular flexibility index (Phi) is 5.22. The van der Waals surface area contributed by atoms with Gasteiger partial charge in [0.25, 0.3) is 0 Å². The predicted molar refractivity (Wildman–Crippen MR) is 45.5 cm³/mol. The van der Waals surface area contributed by atoms with Gasteiger partial charge in [-0.1, -0.05) is 0 Å². The largest absolute Gasteiger partial charge is 0.471 e. The number of halogens is 4. The summed E-state index contributed by atoms with van der Waals surface area (Å²) in [6.07, 6.45) is -5.93. The van der Waals surface area contributed by atoms with E-state index >= 15 is 0 Å². The highest BCUT2D eigenvalue weighted by atomic mass is 35.5. The van der Waals surface area contributed by atoms with Crippen LogP contribution in [0.4, 0.5) is 13.2 Å². The van der Waals surface area contributed by atoms with Gasteiger partial charge in [0.05, 0.1) is 13.5 Å². The second-order valence-corrected chi connectivity index (χ2v) is 3.03. The van der Waals surface area contributed by atoms with Crippen LogP contribution in [0.15, 0.2) is 0 Å². The first kappa shape index (κ1) is 14.7. The number of alkyl halides is 3. The fourth-order valence-electron chi connectivity index (χ4n) is 0.736. The zero-order chi connectivity index (χ0) is 12.9. The standard InChI is InChI=1S/C7H7ClF3NO4/c1-16-5(14)3(2-4(8)13)12-6(15)7(9,10)11/h3H,2H2,1H3,(H,12,15)/t3-/m0/s1. The molecule has 1 atom stereocenters. The molecule has 0 aliphatic carbocycles. The maximum atomic E-state index is 11.8. The second kappa shape index (κ2) is 5.69. The van der Waals surface area contributed by atoms with Crippen molar-refractivity contribution in [3.8, 4) is 0 Å². The number of methoxy groups -OCH3 is 1. The van der Waals surface area contributed by atoms with Crippen LogP contribution in [-0.2, 0) is 19.1 Å². The predicted octanol–water partition coefficient (Wildman–Crippen LogP) is 0.362. The van der Waals surface area contributed by atoms with Gasteiger partial charge >= 0.3 is 18.1 Å². The van der Waals surface area contributed by atoms with Crippen molar-refractivity contribution in [1.29, 1.82) is 0 Å². The Balaban J connectivity index is 4.61. The number of hydrogen-bond donors (Lipinski definition) is 1. The number of rotatable bonds is 4. The average molecular weight is 262 g/mol. The van der Waals surface area contributed by atoms with Gasteiger partial charge in [-0.3, -0.25) is 9.59 Å². The third-order valence-electron chi connectivity index (χ3n) is 1.41. The maximum Gasteiger partial charge on any atom is 0.471 e. The summed E-state index contributed by atoms with van der Waals surface area (Å²) in [5, 5.41) is 0.224. The molecule has 0 aromatic rings. The van der Waals surface area contributed by atoms with Gasteiger partial charge in [-0.05, 0) is 11.6 Å². The molecular formula is C7H7ClF3NO4. The van der Waals surface area contributed by atoms with Gasteiger partial charge in [-0.2, -0.15) is 13.2 Å². The van der Waals surface area contributed by atoms with E-state index in [4.69, 9.17) is 11.6 Å². The summed E-state index contributed by atoms with van der Waals surface area (Å²) in [7, 11) is 0.897. The Morgan fingerprint density at radius 1 is 1.38 bits per heavy atom. The highest BCUT2D eigenvalue weighted by molar-refractivity contribution is 6.63. The molecule has 0 heterocycles. The van der Waals surface area contributed by atoms with E-state index in [9.17, 15) is 27.6 Å². The lowest BCUT2D eigenvalue weighted by Gasteiger charge is -2.15. The Morgan fingerprint density at radius 3 is 2.19 bits per heavy atom. The first-order chi connectivity index (χ1) is 7.18. The van der Waals surface area contributed by atoms with E-state index in [1.54, 1.807) is 0 Å². The van der Waals surface area contributed by atoms with E-state index in [0.717, 1.165) is 7.11 Å². The van der Waals surface area contributed by atoms with Crippen molar-refractivity contribution in [2.24, 2.45) is 0 Å². The molecule has 5 nitrogen and oxygen atoms in total. The molecule has 0 aromatic carbocycles. The Bertz CT molecular complexity index is 304. The van der Waals surface area contributed by atoms with Crippen molar-refractivity contribution in [2.45, 2.75) is 18.6 Å². The minimum Gasteiger partial charge on any atom is -0.467 e. The van der Waals surface area contributed by atoms with Crippen LogP contribution in [0.1, 0.15) is 6.42 Å². The van der Waals surface area contributed by atoms with Crippen molar-refractivity contribution >= 4 is 28.7 Å². The van der Waals surface area contributed by atoms with Crippen molar-refractivity contribution in [2.75, 3.05) is 7.11 Å². The van der Waals surface area contributed by atoms with Crippen LogP contribution in [0.2, 0.25) is 0 Å². The lowest BCUT2D eigenvalue weighted by Crippen LogP contribution is -2.47. The molecule has 0 saturated heterocycles. The summed E-state index contributed by atoms with van der Waals surface area (Å²) in [6.45, 7) is 0. The summed E-state index contributed by atoms with van der Waals surface area (Å²) in [4.78, 5) is 31.8. The molecule has 0 unspecified atom stereocenters. The minimum absolute atomic E-state index is 0.782. The molecule has 16 heavy (non-hydrogen) atoms. The van der Waals surface area contributed by atoms with E-state index in [2.05, 4.69) is 4.74 Å². The minimum atomic E-state index is -5.15. The molecule has 0 aliphatic heterocycles. The van der Waals surface area contributed by atoms with E-state index in [1.165, 1.54) is 5.32 Å². The van der Waals surface area contributed by atoms with Crippen LogP contribution < -0.4 is 5.32 Å². The molecule has 0 spiro atoms. The van der Waals surface area contributed by atoms with Crippen molar-refractivity contribution < 1.29 is 32.3 Å². The fourth-order valence-corrected chi connectivity index (χ4v) is 0.890. The molecule has 0 aromatic heterocycles. The Morgan fingerprint density at radius 2 is 1.88 bits per heavy atom. The maximum absolute atomic E-state index is 11.8. The summed E-state index contributed by atoms with van der Waals surface area (Å²) < 4.78 is 39.6. The van der Waals surface area contributed by atoms with Gasteiger partial charge in [-0.25, -0.2) is 4.79 Å². The summed E-state index contributed by atoms with van der Waals surface area (Å²) >= 11 is 4.89. The molecule has 0 rings (SSSR count). The van der Waals surface area contributed by atoms with Gasteiger partial charge in [0.2, 0.25) is 5.24 Å². The van der Waals surface area contributed by atoms with Crippen LogP contribution in [0.5, 0.6) is 0 Å². The van der Waals surface area contributed by atoms with Crippen LogP contribution in [0.3, 0.4) is 0 Å². The number of ether oxygens (including phenoxy) is 1. The zero-order valence-corrected chi connectivity index (χ0v) is 8.69. The number of nitrogens with one attached hydrogen (secondary N) is 1. The molecule has 0 aliphatic rings. The second-order valence-electron chi connectivity index (χ2n) is 2.61. The highest BCUT2D eigenvalue weighted by Gasteiger charge is 2.41. The molecule has 0 radical (unpaired) electrons. The molecule has 1 N–H and O–H groups in total. The fraction of sp³-hybridized carbons (Fsp3) is 0.571. The normalized spacial score (nSPS) is 12.8. The quantitative estimate of drug-likeness (QED) is 0.586. The van der Waals surface area contributed by atoms with Crippen molar-refractivity contribution in [3.63, 3.8) is 0 Å². The summed E-state index contributed by atoms with van der Waals surface area (Å²) in [5.74, 6) is -3.53. The average Bonchev–Trinajstić information content (AvgIpc) is 2.13. The van der Waals surface area contributed by atoms with Gasteiger partial charge in [0.1, 0.15) is 6.04 Å². The smallest absolute Gasteiger partial charge is 0.467 e. The van der Waals surface area contributed by atoms with E-state index < -0.39 is 35.8 Å². The summed E-state index contributed by atoms with van der Waals surface area (Å²) in [6, 6.07) is -1.75. The Labute approximate surface area is 92.9 Å². The lowest BCUT2D eigenvalue weighted by molar-refractivity contribution is -0.175. The van der Waals surface area contributed by atoms with E-state index in [0.29, 0.717) is 0 Å². The SMILES string of the molecule is COC(=O)[C@H](CC(=O)Cl)NC(=O)C(F)(F)F. The topological polar surface area (TPSA) is 72.5 Å². The third-order valence-corrected chi connectivity index (χ3v) is 1.57. The summed E-state index contributed by atoms with van der Waals surface area (Å²) in [5.41, 5.74) is 0. The monoisotopic (exact) mass is 261 g/mol. The highest BCUT2D eigenvalue weighted by Crippen LogP contribution is 2.15. The number of esters is 1. The van der Waals surface area contributed by atoms with Gasteiger partial charge in [-0.15, -0.1) is 0 Å². The van der Waals surface area contributed by atoms with Gasteiger partial charge < -0.3 is 10.1 Å². The van der Waals surface area contributed by atoms with Gasteiger partial charge in [0, 0.05) is 0 Å². The molecule has 9 heteroatoms. The number of carbonyl (C=O) groups is 3. The zero-order valence-electron chi connectivity index (χ0n) is 7.93. The molecular weight excluding hydrogens is 255 g/mol. The number of amides is 1. The third kappa shape index (κ3) is 4.96. The molecule has 0 saturated carbocycles. The van der Waals surface area contributed by atoms with Crippen LogP contribution in [0, 0.1) is 0 Å². The molecule has 1 amide bonds. The number of carbonyl (C=O) groups excluding carboxylic acids is 3. The first-order valence-electron chi connectivity index (χ1n) is 3.82.